The van der Waals surface area contributed by atoms with E-state index in [0.717, 1.165) is 6.07 Å². The van der Waals surface area contributed by atoms with Crippen LogP contribution in [0.4, 0.5) is 24.8 Å². The summed E-state index contributed by atoms with van der Waals surface area (Å²) < 4.78 is 40.0. The van der Waals surface area contributed by atoms with Gasteiger partial charge in [0, 0.05) is 6.54 Å². The van der Waals surface area contributed by atoms with Gasteiger partial charge >= 0.3 is 6.18 Å². The van der Waals surface area contributed by atoms with E-state index in [1.807, 2.05) is 0 Å². The maximum atomic E-state index is 13.3. The first-order valence-corrected chi connectivity index (χ1v) is 7.53. The largest absolute Gasteiger partial charge is 0.416 e. The molecule has 0 bridgehead atoms. The SMILES string of the molecule is Nc1ncnc(N2C[C@@H](O)C[C@H]2c2ccccc2C(F)(F)F)c1Cl. The van der Waals surface area contributed by atoms with Crippen molar-refractivity contribution in [3.05, 3.63) is 46.7 Å². The molecule has 1 aliphatic rings. The smallest absolute Gasteiger partial charge is 0.391 e. The van der Waals surface area contributed by atoms with E-state index in [2.05, 4.69) is 9.97 Å². The molecule has 2 heterocycles. The molecule has 128 valence electrons. The van der Waals surface area contributed by atoms with Crippen LogP contribution in [0, 0.1) is 0 Å². The predicted octanol–water partition coefficient (Wildman–Crippen LogP) is 3.04. The van der Waals surface area contributed by atoms with E-state index >= 15 is 0 Å². The molecule has 0 aliphatic carbocycles. The number of nitrogens with two attached hydrogens (primary N) is 1. The Morgan fingerprint density at radius 1 is 1.25 bits per heavy atom. The molecule has 3 N–H and O–H groups in total. The topological polar surface area (TPSA) is 75.3 Å². The predicted molar refractivity (Wildman–Crippen MR) is 83.6 cm³/mol. The zero-order valence-corrected chi connectivity index (χ0v) is 13.1. The van der Waals surface area contributed by atoms with E-state index < -0.39 is 23.9 Å². The molecule has 0 spiro atoms. The number of rotatable bonds is 2. The fraction of sp³-hybridized carbons (Fsp3) is 0.333. The Labute approximate surface area is 140 Å². The van der Waals surface area contributed by atoms with E-state index in [4.69, 9.17) is 17.3 Å². The van der Waals surface area contributed by atoms with Crippen molar-refractivity contribution in [2.24, 2.45) is 0 Å². The lowest BCUT2D eigenvalue weighted by Crippen LogP contribution is -2.27. The highest BCUT2D eigenvalue weighted by Crippen LogP contribution is 2.43. The average molecular weight is 359 g/mol. The van der Waals surface area contributed by atoms with Crippen molar-refractivity contribution < 1.29 is 18.3 Å². The second-order valence-electron chi connectivity index (χ2n) is 5.54. The third-order valence-electron chi connectivity index (χ3n) is 3.97. The quantitative estimate of drug-likeness (QED) is 0.863. The van der Waals surface area contributed by atoms with Crippen molar-refractivity contribution in [3.63, 3.8) is 0 Å². The Kier molecular flexibility index (Phi) is 4.27. The molecule has 0 radical (unpaired) electrons. The van der Waals surface area contributed by atoms with Crippen LogP contribution < -0.4 is 10.6 Å². The third-order valence-corrected chi connectivity index (χ3v) is 4.34. The minimum atomic E-state index is -4.50. The zero-order valence-electron chi connectivity index (χ0n) is 12.3. The maximum Gasteiger partial charge on any atom is 0.416 e. The van der Waals surface area contributed by atoms with Gasteiger partial charge in [0.1, 0.15) is 17.2 Å². The molecule has 24 heavy (non-hydrogen) atoms. The number of aromatic nitrogens is 2. The normalized spacial score (nSPS) is 21.3. The molecular weight excluding hydrogens is 345 g/mol. The first kappa shape index (κ1) is 16.8. The number of alkyl halides is 3. The molecule has 9 heteroatoms. The molecule has 3 rings (SSSR count). The minimum Gasteiger partial charge on any atom is -0.391 e. The fourth-order valence-corrected chi connectivity index (χ4v) is 3.17. The molecule has 1 fully saturated rings. The van der Waals surface area contributed by atoms with Gasteiger partial charge in [-0.1, -0.05) is 29.8 Å². The Balaban J connectivity index is 2.09. The Morgan fingerprint density at radius 3 is 2.67 bits per heavy atom. The lowest BCUT2D eigenvalue weighted by atomic mass is 9.97. The second-order valence-corrected chi connectivity index (χ2v) is 5.92. The third kappa shape index (κ3) is 2.99. The van der Waals surface area contributed by atoms with Crippen LogP contribution >= 0.6 is 11.6 Å². The number of hydrogen-bond donors (Lipinski definition) is 2. The Hall–Kier alpha value is -2.06. The summed E-state index contributed by atoms with van der Waals surface area (Å²) in [7, 11) is 0. The van der Waals surface area contributed by atoms with Gasteiger partial charge in [-0.25, -0.2) is 9.97 Å². The van der Waals surface area contributed by atoms with Crippen LogP contribution in [-0.2, 0) is 6.18 Å². The highest BCUT2D eigenvalue weighted by molar-refractivity contribution is 6.35. The second kappa shape index (κ2) is 6.10. The molecule has 1 aromatic heterocycles. The van der Waals surface area contributed by atoms with Gasteiger partial charge in [0.2, 0.25) is 0 Å². The highest BCUT2D eigenvalue weighted by atomic mass is 35.5. The number of halogens is 4. The summed E-state index contributed by atoms with van der Waals surface area (Å²) in [6.07, 6.45) is -3.98. The fourth-order valence-electron chi connectivity index (χ4n) is 2.96. The summed E-state index contributed by atoms with van der Waals surface area (Å²) in [5.74, 6) is 0.244. The van der Waals surface area contributed by atoms with E-state index in [9.17, 15) is 18.3 Å². The summed E-state index contributed by atoms with van der Waals surface area (Å²) in [4.78, 5) is 9.32. The van der Waals surface area contributed by atoms with Crippen molar-refractivity contribution in [2.75, 3.05) is 17.2 Å². The number of anilines is 2. The Morgan fingerprint density at radius 2 is 1.96 bits per heavy atom. The van der Waals surface area contributed by atoms with E-state index in [0.29, 0.717) is 0 Å². The first-order chi connectivity index (χ1) is 11.3. The Bertz CT molecular complexity index is 756. The molecule has 1 saturated heterocycles. The number of nitrogens with zero attached hydrogens (tertiary/aromatic N) is 3. The first-order valence-electron chi connectivity index (χ1n) is 7.16. The van der Waals surface area contributed by atoms with Crippen molar-refractivity contribution in [3.8, 4) is 0 Å². The van der Waals surface area contributed by atoms with Crippen LogP contribution in [0.3, 0.4) is 0 Å². The van der Waals surface area contributed by atoms with E-state index in [-0.39, 0.29) is 35.2 Å². The number of nitrogen functional groups attached to an aromatic ring is 1. The number of hydrogen-bond acceptors (Lipinski definition) is 5. The van der Waals surface area contributed by atoms with Crippen molar-refractivity contribution in [1.29, 1.82) is 0 Å². The molecule has 2 aromatic rings. The average Bonchev–Trinajstić information content (AvgIpc) is 2.91. The number of aliphatic hydroxyl groups excluding tert-OH is 1. The van der Waals surface area contributed by atoms with Crippen molar-refractivity contribution in [1.82, 2.24) is 9.97 Å². The van der Waals surface area contributed by atoms with E-state index in [1.54, 1.807) is 0 Å². The molecule has 5 nitrogen and oxygen atoms in total. The van der Waals surface area contributed by atoms with Gasteiger partial charge in [-0.2, -0.15) is 13.2 Å². The summed E-state index contributed by atoms with van der Waals surface area (Å²) in [5.41, 5.74) is 4.98. The van der Waals surface area contributed by atoms with Gasteiger partial charge in [-0.3, -0.25) is 0 Å². The molecule has 2 atom stereocenters. The van der Waals surface area contributed by atoms with Gasteiger partial charge in [-0.15, -0.1) is 0 Å². The van der Waals surface area contributed by atoms with Gasteiger partial charge in [0.25, 0.3) is 0 Å². The van der Waals surface area contributed by atoms with Crippen molar-refractivity contribution in [2.45, 2.75) is 24.7 Å². The van der Waals surface area contributed by atoms with Crippen LogP contribution in [0.1, 0.15) is 23.6 Å². The van der Waals surface area contributed by atoms with Crippen molar-refractivity contribution >= 4 is 23.2 Å². The monoisotopic (exact) mass is 358 g/mol. The molecule has 0 saturated carbocycles. The molecule has 0 unspecified atom stereocenters. The van der Waals surface area contributed by atoms with Crippen LogP contribution in [-0.4, -0.2) is 27.7 Å². The summed E-state index contributed by atoms with van der Waals surface area (Å²) in [6.45, 7) is 0.104. The maximum absolute atomic E-state index is 13.3. The van der Waals surface area contributed by atoms with Gasteiger partial charge in [-0.05, 0) is 18.1 Å². The van der Waals surface area contributed by atoms with Crippen LogP contribution in [0.25, 0.3) is 0 Å². The number of benzene rings is 1. The molecule has 0 amide bonds. The lowest BCUT2D eigenvalue weighted by molar-refractivity contribution is -0.138. The van der Waals surface area contributed by atoms with Crippen LogP contribution in [0.2, 0.25) is 5.02 Å². The van der Waals surface area contributed by atoms with Crippen LogP contribution in [0.5, 0.6) is 0 Å². The summed E-state index contributed by atoms with van der Waals surface area (Å²) in [5, 5.41) is 10.1. The minimum absolute atomic E-state index is 0.0333. The van der Waals surface area contributed by atoms with E-state index in [1.165, 1.54) is 29.4 Å². The van der Waals surface area contributed by atoms with Crippen LogP contribution in [0.15, 0.2) is 30.6 Å². The molecular formula is C15H14ClF3N4O. The van der Waals surface area contributed by atoms with Gasteiger partial charge < -0.3 is 15.7 Å². The highest BCUT2D eigenvalue weighted by Gasteiger charge is 2.40. The molecule has 1 aromatic carbocycles. The van der Waals surface area contributed by atoms with Gasteiger partial charge in [0.05, 0.1) is 17.7 Å². The summed E-state index contributed by atoms with van der Waals surface area (Å²) >= 11 is 6.11. The van der Waals surface area contributed by atoms with Gasteiger partial charge in [0.15, 0.2) is 5.82 Å². The standard InChI is InChI=1S/C15H14ClF3N4O/c16-12-13(20)21-7-22-14(12)23-6-8(24)5-11(23)9-3-1-2-4-10(9)15(17,18)19/h1-4,7-8,11,24H,5-6H2,(H2,20,21,22)/t8-,11-/m0/s1. The number of β-amino-alcohol motifs (C(OH)–C–C–N with tert-alkyl or cyclic N) is 1. The zero-order chi connectivity index (χ0) is 17.5. The number of aliphatic hydroxyl groups is 1. The lowest BCUT2D eigenvalue weighted by Gasteiger charge is -2.28. The molecule has 1 aliphatic heterocycles. The summed E-state index contributed by atoms with van der Waals surface area (Å²) in [6, 6.07) is 4.57.